The molecule has 1 aromatic heterocycles. The Labute approximate surface area is 323 Å². The van der Waals surface area contributed by atoms with E-state index in [9.17, 15) is 14.7 Å². The van der Waals surface area contributed by atoms with E-state index in [-0.39, 0.29) is 22.1 Å². The van der Waals surface area contributed by atoms with Crippen molar-refractivity contribution in [1.82, 2.24) is 9.97 Å². The Balaban J connectivity index is 1.29. The summed E-state index contributed by atoms with van der Waals surface area (Å²) in [5.74, 6) is -1.00. The van der Waals surface area contributed by atoms with E-state index >= 15 is 8.78 Å². The van der Waals surface area contributed by atoms with E-state index in [1.165, 1.54) is 36.4 Å². The van der Waals surface area contributed by atoms with Gasteiger partial charge in [-0.15, -0.1) is 0 Å². The zero-order chi connectivity index (χ0) is 38.5. The van der Waals surface area contributed by atoms with E-state index in [2.05, 4.69) is 20.6 Å². The summed E-state index contributed by atoms with van der Waals surface area (Å²) in [5.41, 5.74) is 2.35. The van der Waals surface area contributed by atoms with Gasteiger partial charge < -0.3 is 25.5 Å². The minimum atomic E-state index is -0.955. The Morgan fingerprint density at radius 3 is 1.96 bits per heavy atom. The van der Waals surface area contributed by atoms with Crippen molar-refractivity contribution in [2.75, 3.05) is 56.6 Å². The van der Waals surface area contributed by atoms with Gasteiger partial charge in [0.1, 0.15) is 28.9 Å². The number of nitrogens with one attached hydrogen (secondary N) is 2. The van der Waals surface area contributed by atoms with Crippen LogP contribution in [0.5, 0.6) is 5.75 Å². The molecule has 0 radical (unpaired) electrons. The number of amides is 4. The number of rotatable bonds is 7. The summed E-state index contributed by atoms with van der Waals surface area (Å²) in [7, 11) is 0. The molecule has 4 amide bonds. The maximum Gasteiger partial charge on any atom is 0.346 e. The van der Waals surface area contributed by atoms with Gasteiger partial charge >= 0.3 is 12.1 Å². The lowest BCUT2D eigenvalue weighted by Crippen LogP contribution is -2.54. The number of halogens is 3. The van der Waals surface area contributed by atoms with Gasteiger partial charge in [-0.3, -0.25) is 0 Å². The van der Waals surface area contributed by atoms with Crippen molar-refractivity contribution >= 4 is 57.8 Å². The Hall–Kier alpha value is -5.95. The van der Waals surface area contributed by atoms with Crippen LogP contribution in [0, 0.1) is 18.6 Å². The van der Waals surface area contributed by atoms with Crippen LogP contribution in [0.2, 0.25) is 5.02 Å². The molecule has 0 aliphatic carbocycles. The van der Waals surface area contributed by atoms with Crippen molar-refractivity contribution in [2.45, 2.75) is 45.4 Å². The quantitative estimate of drug-likeness (QED) is 0.141. The van der Waals surface area contributed by atoms with Crippen LogP contribution in [0.1, 0.15) is 44.3 Å². The second-order valence-corrected chi connectivity index (χ2v) is 14.0. The summed E-state index contributed by atoms with van der Waals surface area (Å²) in [4.78, 5) is 41.6. The fourth-order valence-corrected chi connectivity index (χ4v) is 7.19. The zero-order valence-corrected chi connectivity index (χ0v) is 31.1. The fourth-order valence-electron chi connectivity index (χ4n) is 7.03. The van der Waals surface area contributed by atoms with Crippen molar-refractivity contribution in [3.05, 3.63) is 114 Å². The van der Waals surface area contributed by atoms with E-state index in [0.29, 0.717) is 47.2 Å². The fraction of sp³-hybridized carbons (Fsp3) is 0.268. The van der Waals surface area contributed by atoms with Gasteiger partial charge in [-0.2, -0.15) is 10.0 Å². The number of aromatic nitrogens is 2. The normalized spacial score (nSPS) is 14.3. The van der Waals surface area contributed by atoms with Gasteiger partial charge in [0.15, 0.2) is 0 Å². The second-order valence-electron chi connectivity index (χ2n) is 13.6. The number of hydrogen-bond donors (Lipinski definition) is 3. The number of aryl methyl sites for hydroxylation is 1. The van der Waals surface area contributed by atoms with Crippen molar-refractivity contribution in [3.8, 4) is 17.0 Å². The van der Waals surface area contributed by atoms with Crippen LogP contribution >= 0.6 is 11.6 Å². The monoisotopic (exact) mass is 766 g/mol. The topological polar surface area (TPSA) is 117 Å². The molecule has 5 aromatic rings. The Morgan fingerprint density at radius 1 is 0.727 bits per heavy atom. The molecule has 0 atom stereocenters. The average molecular weight is 767 g/mol. The highest BCUT2D eigenvalue weighted by molar-refractivity contribution is 6.31. The minimum absolute atomic E-state index is 0.0329. The first-order chi connectivity index (χ1) is 26.6. The Kier molecular flexibility index (Phi) is 11.3. The Morgan fingerprint density at radius 2 is 1.35 bits per heavy atom. The van der Waals surface area contributed by atoms with Crippen LogP contribution in [0.15, 0.2) is 91.1 Å². The number of urea groups is 2. The molecule has 55 heavy (non-hydrogen) atoms. The van der Waals surface area contributed by atoms with E-state index in [0.717, 1.165) is 61.6 Å². The standard InChI is InChI=1S/C41H41ClF2N8O3/c1-27-45-18-17-35(46-27)28-9-8-10-30(23-28)47-40(54)51(32-13-16-37(34(44)26-32)50-21-6-3-7-22-50)52(38-14-11-29(42)24-39(38)53)41(55)48-31-12-15-36(33(43)25-31)49-19-4-2-5-20-49/h8-18,23-26,53H,2-7,19-22H2,1H3,(H,47,54)(H,48,55). The van der Waals surface area contributed by atoms with Gasteiger partial charge in [-0.25, -0.2) is 28.3 Å². The smallest absolute Gasteiger partial charge is 0.346 e. The number of aromatic hydroxyl groups is 1. The number of hydrazine groups is 1. The highest BCUT2D eigenvalue weighted by Crippen LogP contribution is 2.36. The van der Waals surface area contributed by atoms with Crippen molar-refractivity contribution in [2.24, 2.45) is 0 Å². The number of carbonyl (C=O) groups excluding carboxylic acids is 2. The lowest BCUT2D eigenvalue weighted by Gasteiger charge is -2.35. The molecule has 284 valence electrons. The summed E-state index contributed by atoms with van der Waals surface area (Å²) in [5, 5.41) is 18.7. The van der Waals surface area contributed by atoms with Gasteiger partial charge in [0.05, 0.1) is 22.8 Å². The summed E-state index contributed by atoms with van der Waals surface area (Å²) < 4.78 is 31.6. The molecule has 7 rings (SSSR count). The molecule has 4 aromatic carbocycles. The van der Waals surface area contributed by atoms with E-state index in [4.69, 9.17) is 11.6 Å². The largest absolute Gasteiger partial charge is 0.506 e. The van der Waals surface area contributed by atoms with E-state index in [1.807, 2.05) is 15.9 Å². The van der Waals surface area contributed by atoms with Gasteiger partial charge in [0, 0.05) is 66.5 Å². The predicted molar refractivity (Wildman–Crippen MR) is 213 cm³/mol. The lowest BCUT2D eigenvalue weighted by atomic mass is 10.1. The maximum absolute atomic E-state index is 16.1. The van der Waals surface area contributed by atoms with Crippen LogP contribution in [0.25, 0.3) is 11.3 Å². The first kappa shape index (κ1) is 37.4. The molecule has 3 heterocycles. The molecule has 2 aliphatic heterocycles. The van der Waals surface area contributed by atoms with E-state index < -0.39 is 29.4 Å². The van der Waals surface area contributed by atoms with Crippen molar-refractivity contribution in [3.63, 3.8) is 0 Å². The van der Waals surface area contributed by atoms with E-state index in [1.54, 1.807) is 55.6 Å². The van der Waals surface area contributed by atoms with Crippen molar-refractivity contribution in [1.29, 1.82) is 0 Å². The molecule has 0 unspecified atom stereocenters. The zero-order valence-electron chi connectivity index (χ0n) is 30.3. The van der Waals surface area contributed by atoms with Gasteiger partial charge in [-0.05, 0) is 106 Å². The SMILES string of the molecule is Cc1nccc(-c2cccc(NC(=O)N(c3ccc(N4CCCCC4)c(F)c3)N(C(=O)Nc3ccc(N4CCCCC4)c(F)c3)c3ccc(Cl)cc3O)c2)n1. The molecule has 2 fully saturated rings. The summed E-state index contributed by atoms with van der Waals surface area (Å²) in [6.45, 7) is 4.59. The highest BCUT2D eigenvalue weighted by atomic mass is 35.5. The van der Waals surface area contributed by atoms with Crippen LogP contribution in [-0.4, -0.2) is 53.3 Å². The maximum atomic E-state index is 16.1. The van der Waals surface area contributed by atoms with Crippen LogP contribution in [-0.2, 0) is 0 Å². The summed E-state index contributed by atoms with van der Waals surface area (Å²) in [6, 6.07) is 19.5. The number of anilines is 6. The van der Waals surface area contributed by atoms with Crippen LogP contribution in [0.3, 0.4) is 0 Å². The molecule has 14 heteroatoms. The van der Waals surface area contributed by atoms with Crippen LogP contribution < -0.4 is 30.5 Å². The molecule has 3 N–H and O–H groups in total. The molecule has 2 aliphatic rings. The highest BCUT2D eigenvalue weighted by Gasteiger charge is 2.33. The number of phenolic OH excluding ortho intramolecular Hbond substituents is 1. The third-order valence-electron chi connectivity index (χ3n) is 9.70. The second kappa shape index (κ2) is 16.6. The number of benzene rings is 4. The average Bonchev–Trinajstić information content (AvgIpc) is 3.18. The number of piperidine rings is 2. The Bertz CT molecular complexity index is 2200. The third-order valence-corrected chi connectivity index (χ3v) is 9.94. The number of phenols is 1. The molecular weight excluding hydrogens is 726 g/mol. The number of nitrogens with zero attached hydrogens (tertiary/aromatic N) is 6. The number of hydrogen-bond acceptors (Lipinski definition) is 7. The third kappa shape index (κ3) is 8.57. The minimum Gasteiger partial charge on any atom is -0.506 e. The van der Waals surface area contributed by atoms with Crippen molar-refractivity contribution < 1.29 is 23.5 Å². The molecule has 2 saturated heterocycles. The van der Waals surface area contributed by atoms with Crippen LogP contribution in [0.4, 0.5) is 52.5 Å². The molecule has 11 nitrogen and oxygen atoms in total. The first-order valence-corrected chi connectivity index (χ1v) is 18.7. The molecule has 0 saturated carbocycles. The summed E-state index contributed by atoms with van der Waals surface area (Å²) >= 11 is 6.20. The molecule has 0 bridgehead atoms. The lowest BCUT2D eigenvalue weighted by molar-refractivity contribution is 0.248. The van der Waals surface area contributed by atoms with Gasteiger partial charge in [0.2, 0.25) is 0 Å². The predicted octanol–water partition coefficient (Wildman–Crippen LogP) is 9.76. The summed E-state index contributed by atoms with van der Waals surface area (Å²) in [6.07, 6.45) is 7.54. The number of carbonyl (C=O) groups is 2. The molecule has 0 spiro atoms. The van der Waals surface area contributed by atoms with Gasteiger partial charge in [-0.1, -0.05) is 23.7 Å². The molecular formula is C41H41ClF2N8O3. The van der Waals surface area contributed by atoms with Gasteiger partial charge in [0.25, 0.3) is 0 Å². The first-order valence-electron chi connectivity index (χ1n) is 18.3.